The van der Waals surface area contributed by atoms with Crippen LogP contribution in [0.2, 0.25) is 0 Å². The maximum absolute atomic E-state index is 14.7. The summed E-state index contributed by atoms with van der Waals surface area (Å²) in [5.74, 6) is -11.2. The van der Waals surface area contributed by atoms with Crippen molar-refractivity contribution >= 4 is 87.7 Å². The summed E-state index contributed by atoms with van der Waals surface area (Å²) in [5, 5.41) is 73.9. The molecular formula is C59H74N12O16S. The lowest BCUT2D eigenvalue weighted by atomic mass is 10.0. The summed E-state index contributed by atoms with van der Waals surface area (Å²) in [7, 11) is 0. The number of aliphatic carboxylic acids is 1. The first-order valence-corrected chi connectivity index (χ1v) is 29.1. The predicted molar refractivity (Wildman–Crippen MR) is 321 cm³/mol. The minimum absolute atomic E-state index is 0.0395. The van der Waals surface area contributed by atoms with Gasteiger partial charge in [0.1, 0.15) is 65.9 Å². The molecule has 1 heterocycles. The first-order valence-electron chi connectivity index (χ1n) is 27.8. The van der Waals surface area contributed by atoms with Gasteiger partial charge in [-0.1, -0.05) is 72.8 Å². The number of aromatic amines is 1. The maximum Gasteiger partial charge on any atom is 0.326 e. The quantitative estimate of drug-likeness (QED) is 0.0199. The standard InChI is InChI=1S/C59H74N12O16S/c1-31(63-53(80)42(64-49(77)28-60)24-34-13-17-37(74)18-14-34)51(78)66-44(23-33-9-5-4-6-10-33)56(83)71-50(32(2)73)58(85)70-47(30-72)57(84)67-43(25-35-15-19-38(75)20-16-35)54(81)68-45(26-36-29-62-40-12-8-7-11-39(36)40)55(82)65-41(21-22-88-3)52(79)69-46(59(86)87)27-48(61)76/h4-20,29,31-32,41-47,50,62,72-75H,21-28,30,60H2,1-3H3,(H2,61,76)(H,63,80)(H,64,77)(H,65,82)(H,66,78)(H,67,84)(H,68,81)(H,69,79)(H,70,85)(H,71,83)(H,86,87)/t31-,32+,41-,42-,43-,44-,45-,46-,47-,50-/m0/s1. The van der Waals surface area contributed by atoms with Crippen molar-refractivity contribution in [2.45, 2.75) is 113 Å². The molecule has 5 rings (SSSR count). The molecule has 10 amide bonds. The number of primary amides is 1. The molecule has 5 aromatic rings. The molecule has 472 valence electrons. The predicted octanol–water partition coefficient (Wildman–Crippen LogP) is -2.72. The molecule has 4 aromatic carbocycles. The van der Waals surface area contributed by atoms with Crippen LogP contribution in [0.25, 0.3) is 10.9 Å². The van der Waals surface area contributed by atoms with Crippen molar-refractivity contribution in [3.05, 3.63) is 132 Å². The van der Waals surface area contributed by atoms with Crippen LogP contribution in [0.3, 0.4) is 0 Å². The Hall–Kier alpha value is -9.58. The number of nitrogens with one attached hydrogen (secondary N) is 10. The van der Waals surface area contributed by atoms with Gasteiger partial charge >= 0.3 is 5.97 Å². The topological polar surface area (TPSA) is 465 Å². The van der Waals surface area contributed by atoms with E-state index in [1.165, 1.54) is 67.2 Å². The van der Waals surface area contributed by atoms with Crippen LogP contribution in [-0.2, 0) is 78.4 Å². The number of phenolic OH excluding ortho intramolecular Hbond substituents is 2. The van der Waals surface area contributed by atoms with Gasteiger partial charge in [-0.2, -0.15) is 11.8 Å². The van der Waals surface area contributed by atoms with E-state index in [1.807, 2.05) is 0 Å². The number of amides is 10. The molecule has 0 unspecified atom stereocenters. The summed E-state index contributed by atoms with van der Waals surface area (Å²) in [4.78, 5) is 152. The molecular weight excluding hydrogens is 1160 g/mol. The molecule has 0 bridgehead atoms. The van der Waals surface area contributed by atoms with Crippen molar-refractivity contribution in [2.75, 3.05) is 25.2 Å². The Labute approximate surface area is 509 Å². The third-order valence-corrected chi connectivity index (χ3v) is 14.4. The lowest BCUT2D eigenvalue weighted by Gasteiger charge is -2.28. The van der Waals surface area contributed by atoms with Crippen LogP contribution >= 0.6 is 11.8 Å². The number of aromatic hydroxyl groups is 2. The summed E-state index contributed by atoms with van der Waals surface area (Å²) in [5.41, 5.74) is 13.3. The molecule has 29 heteroatoms. The number of rotatable bonds is 34. The van der Waals surface area contributed by atoms with Crippen molar-refractivity contribution < 1.29 is 78.3 Å². The van der Waals surface area contributed by atoms with Gasteiger partial charge in [-0.05, 0) is 84.9 Å². The van der Waals surface area contributed by atoms with Crippen molar-refractivity contribution in [1.29, 1.82) is 0 Å². The van der Waals surface area contributed by atoms with Gasteiger partial charge in [0.2, 0.25) is 59.1 Å². The fourth-order valence-corrected chi connectivity index (χ4v) is 9.45. The zero-order valence-electron chi connectivity index (χ0n) is 48.3. The average Bonchev–Trinajstić information content (AvgIpc) is 4.04. The Kier molecular flexibility index (Phi) is 26.7. The molecule has 0 aliphatic rings. The molecule has 19 N–H and O–H groups in total. The molecule has 28 nitrogen and oxygen atoms in total. The minimum Gasteiger partial charge on any atom is -0.508 e. The molecule has 0 fully saturated rings. The zero-order chi connectivity index (χ0) is 64.6. The highest BCUT2D eigenvalue weighted by molar-refractivity contribution is 7.98. The first-order chi connectivity index (χ1) is 41.9. The summed E-state index contributed by atoms with van der Waals surface area (Å²) >= 11 is 1.30. The SMILES string of the molecule is CSCC[C@H](NC(=O)[C@H](Cc1c[nH]c2ccccc12)NC(=O)[C@H](Cc1ccc(O)cc1)NC(=O)[C@H](CO)NC(=O)[C@@H](NC(=O)[C@H](Cc1ccccc1)NC(=O)[C@H](C)NC(=O)[C@H](Cc1ccc(O)cc1)NC(=O)CN)[C@@H](C)O)C(=O)N[C@@H](CC(N)=O)C(=O)O. The number of aliphatic hydroxyl groups excluding tert-OH is 2. The lowest BCUT2D eigenvalue weighted by molar-refractivity contribution is -0.143. The number of hydrogen-bond acceptors (Lipinski definition) is 17. The molecule has 0 saturated carbocycles. The van der Waals surface area contributed by atoms with Crippen LogP contribution in [0.4, 0.5) is 0 Å². The van der Waals surface area contributed by atoms with Crippen molar-refractivity contribution in [3.63, 3.8) is 0 Å². The molecule has 0 aliphatic heterocycles. The fourth-order valence-electron chi connectivity index (χ4n) is 8.98. The number of phenols is 2. The second-order valence-electron chi connectivity index (χ2n) is 20.6. The van der Waals surface area contributed by atoms with E-state index in [0.29, 0.717) is 33.2 Å². The maximum atomic E-state index is 14.7. The number of aromatic nitrogens is 1. The van der Waals surface area contributed by atoms with Gasteiger partial charge in [-0.15, -0.1) is 0 Å². The van der Waals surface area contributed by atoms with Crippen LogP contribution in [0.15, 0.2) is 109 Å². The minimum atomic E-state index is -1.90. The normalized spacial score (nSPS) is 14.5. The average molecular weight is 1240 g/mol. The number of para-hydroxylation sites is 1. The number of nitrogens with two attached hydrogens (primary N) is 2. The van der Waals surface area contributed by atoms with E-state index in [-0.39, 0.29) is 49.4 Å². The van der Waals surface area contributed by atoms with E-state index in [4.69, 9.17) is 11.5 Å². The molecule has 0 saturated heterocycles. The van der Waals surface area contributed by atoms with Gasteiger partial charge in [0, 0.05) is 42.8 Å². The van der Waals surface area contributed by atoms with Crippen molar-refractivity contribution in [2.24, 2.45) is 11.5 Å². The fraction of sp³-hybridized carbons (Fsp3) is 0.373. The third kappa shape index (κ3) is 21.4. The number of benzene rings is 4. The van der Waals surface area contributed by atoms with Gasteiger partial charge in [0.15, 0.2) is 0 Å². The first kappa shape index (κ1) is 69.2. The highest BCUT2D eigenvalue weighted by atomic mass is 32.2. The number of carboxylic acids is 1. The second-order valence-corrected chi connectivity index (χ2v) is 21.6. The molecule has 1 aromatic heterocycles. The Morgan fingerprint density at radius 1 is 0.523 bits per heavy atom. The van der Waals surface area contributed by atoms with Gasteiger partial charge in [-0.25, -0.2) is 4.79 Å². The Bertz CT molecular complexity index is 3240. The number of thioether (sulfide) groups is 1. The Morgan fingerprint density at radius 3 is 1.49 bits per heavy atom. The lowest BCUT2D eigenvalue weighted by Crippen LogP contribution is -2.62. The highest BCUT2D eigenvalue weighted by Gasteiger charge is 2.37. The van der Waals surface area contributed by atoms with E-state index >= 15 is 0 Å². The number of carboxylic acid groups (broad SMARTS) is 1. The number of carbonyl (C=O) groups excluding carboxylic acids is 10. The smallest absolute Gasteiger partial charge is 0.326 e. The Balaban J connectivity index is 1.37. The molecule has 0 aliphatic carbocycles. The van der Waals surface area contributed by atoms with Crippen molar-refractivity contribution in [3.8, 4) is 11.5 Å². The summed E-state index contributed by atoms with van der Waals surface area (Å²) in [6, 6.07) is 12.4. The molecule has 0 radical (unpaired) electrons. The van der Waals surface area contributed by atoms with Crippen LogP contribution < -0.4 is 59.3 Å². The largest absolute Gasteiger partial charge is 0.508 e. The summed E-state index contributed by atoms with van der Waals surface area (Å²) in [6.45, 7) is 0.861. The monoisotopic (exact) mass is 1240 g/mol. The zero-order valence-corrected chi connectivity index (χ0v) is 49.1. The second kappa shape index (κ2) is 33.9. The number of fused-ring (bicyclic) bond motifs is 1. The van der Waals surface area contributed by atoms with Gasteiger partial charge in [-0.3, -0.25) is 47.9 Å². The summed E-state index contributed by atoms with van der Waals surface area (Å²) in [6.07, 6.45) is -0.0200. The van der Waals surface area contributed by atoms with E-state index in [1.54, 1.807) is 67.0 Å². The number of hydrogen-bond donors (Lipinski definition) is 17. The molecule has 10 atom stereocenters. The number of H-pyrrole nitrogens is 1. The van der Waals surface area contributed by atoms with Crippen LogP contribution in [-0.4, -0.2) is 181 Å². The third-order valence-electron chi connectivity index (χ3n) is 13.8. The Morgan fingerprint density at radius 2 is 0.966 bits per heavy atom. The van der Waals surface area contributed by atoms with Crippen LogP contribution in [0.1, 0.15) is 48.9 Å². The van der Waals surface area contributed by atoms with E-state index in [2.05, 4.69) is 52.8 Å². The van der Waals surface area contributed by atoms with E-state index in [9.17, 15) is 78.3 Å². The van der Waals surface area contributed by atoms with E-state index < -0.39 is 145 Å². The van der Waals surface area contributed by atoms with Crippen LogP contribution in [0, 0.1) is 0 Å². The number of carbonyl (C=O) groups is 11. The summed E-state index contributed by atoms with van der Waals surface area (Å²) < 4.78 is 0. The van der Waals surface area contributed by atoms with Crippen LogP contribution in [0.5, 0.6) is 11.5 Å². The molecule has 0 spiro atoms. The van der Waals surface area contributed by atoms with Gasteiger partial charge in [0.25, 0.3) is 0 Å². The van der Waals surface area contributed by atoms with Gasteiger partial charge < -0.3 is 89.8 Å². The van der Waals surface area contributed by atoms with Crippen molar-refractivity contribution in [1.82, 2.24) is 52.8 Å². The van der Waals surface area contributed by atoms with Gasteiger partial charge in [0.05, 0.1) is 25.7 Å². The number of aliphatic hydroxyl groups is 2. The molecule has 88 heavy (non-hydrogen) atoms. The van der Waals surface area contributed by atoms with E-state index in [0.717, 1.165) is 6.92 Å². The highest BCUT2D eigenvalue weighted by Crippen LogP contribution is 2.21.